The molecule has 1 amide bonds. The molecule has 4 nitrogen and oxygen atoms in total. The number of nitrogens with one attached hydrogen (secondary N) is 1. The van der Waals surface area contributed by atoms with Gasteiger partial charge in [0.05, 0.1) is 18.6 Å². The van der Waals surface area contributed by atoms with Gasteiger partial charge in [-0.25, -0.2) is 0 Å². The Morgan fingerprint density at radius 2 is 2.20 bits per heavy atom. The van der Waals surface area contributed by atoms with Gasteiger partial charge in [-0.05, 0) is 31.0 Å². The molecule has 1 aliphatic carbocycles. The molecule has 0 saturated heterocycles. The van der Waals surface area contributed by atoms with E-state index in [4.69, 9.17) is 27.9 Å². The highest BCUT2D eigenvalue weighted by Crippen LogP contribution is 2.63. The Bertz CT molecular complexity index is 521. The van der Waals surface area contributed by atoms with Crippen LogP contribution in [-0.2, 0) is 4.79 Å². The van der Waals surface area contributed by atoms with E-state index in [2.05, 4.69) is 5.32 Å². The lowest BCUT2D eigenvalue weighted by Gasteiger charge is -2.16. The van der Waals surface area contributed by atoms with E-state index in [1.807, 2.05) is 0 Å². The highest BCUT2D eigenvalue weighted by molar-refractivity contribution is 6.53. The van der Waals surface area contributed by atoms with Crippen LogP contribution in [0.15, 0.2) is 24.3 Å². The SMILES string of the molecule is COc1cccc([C@@H](O)CNC(=O)[C@@]2(C)CC2(Cl)Cl)c1. The average Bonchev–Trinajstić information content (AvgIpc) is 2.96. The molecule has 20 heavy (non-hydrogen) atoms. The predicted molar refractivity (Wildman–Crippen MR) is 78.1 cm³/mol. The predicted octanol–water partition coefficient (Wildman–Crippen LogP) is 2.43. The Morgan fingerprint density at radius 1 is 1.55 bits per heavy atom. The van der Waals surface area contributed by atoms with Gasteiger partial charge in [0.15, 0.2) is 0 Å². The van der Waals surface area contributed by atoms with Crippen LogP contribution in [0.5, 0.6) is 5.75 Å². The molecule has 0 bridgehead atoms. The normalized spacial score (nSPS) is 24.9. The number of aliphatic hydroxyl groups is 1. The van der Waals surface area contributed by atoms with E-state index in [0.29, 0.717) is 17.7 Å². The monoisotopic (exact) mass is 317 g/mol. The van der Waals surface area contributed by atoms with Crippen molar-refractivity contribution >= 4 is 29.1 Å². The molecule has 0 heterocycles. The highest BCUT2D eigenvalue weighted by Gasteiger charge is 2.67. The van der Waals surface area contributed by atoms with Gasteiger partial charge in [0.2, 0.25) is 5.91 Å². The summed E-state index contributed by atoms with van der Waals surface area (Å²) in [6.07, 6.45) is -0.388. The molecule has 110 valence electrons. The smallest absolute Gasteiger partial charge is 0.229 e. The fraction of sp³-hybridized carbons (Fsp3) is 0.500. The molecule has 0 aliphatic heterocycles. The minimum absolute atomic E-state index is 0.103. The molecule has 1 fully saturated rings. The number of hydrogen-bond acceptors (Lipinski definition) is 3. The van der Waals surface area contributed by atoms with Crippen LogP contribution in [0, 0.1) is 5.41 Å². The van der Waals surface area contributed by atoms with Crippen LogP contribution in [0.1, 0.15) is 25.0 Å². The van der Waals surface area contributed by atoms with Crippen LogP contribution >= 0.6 is 23.2 Å². The Balaban J connectivity index is 1.92. The maximum Gasteiger partial charge on any atom is 0.229 e. The molecule has 0 aromatic heterocycles. The van der Waals surface area contributed by atoms with Gasteiger partial charge in [-0.1, -0.05) is 12.1 Å². The van der Waals surface area contributed by atoms with Crippen LogP contribution in [0.2, 0.25) is 0 Å². The van der Waals surface area contributed by atoms with Crippen molar-refractivity contribution in [3.63, 3.8) is 0 Å². The van der Waals surface area contributed by atoms with Gasteiger partial charge in [0.1, 0.15) is 10.1 Å². The van der Waals surface area contributed by atoms with E-state index in [0.717, 1.165) is 0 Å². The quantitative estimate of drug-likeness (QED) is 0.820. The zero-order valence-corrected chi connectivity index (χ0v) is 12.8. The van der Waals surface area contributed by atoms with Crippen molar-refractivity contribution in [1.82, 2.24) is 5.32 Å². The first kappa shape index (κ1) is 15.4. The van der Waals surface area contributed by atoms with Crippen molar-refractivity contribution in [3.8, 4) is 5.75 Å². The van der Waals surface area contributed by atoms with Crippen LogP contribution in [0.4, 0.5) is 0 Å². The lowest BCUT2D eigenvalue weighted by molar-refractivity contribution is -0.126. The van der Waals surface area contributed by atoms with E-state index in [1.165, 1.54) is 0 Å². The van der Waals surface area contributed by atoms with E-state index in [1.54, 1.807) is 38.3 Å². The summed E-state index contributed by atoms with van der Waals surface area (Å²) < 4.78 is 4.09. The van der Waals surface area contributed by atoms with Crippen LogP contribution in [-0.4, -0.2) is 29.0 Å². The summed E-state index contributed by atoms with van der Waals surface area (Å²) in [5.41, 5.74) is -0.0990. The maximum absolute atomic E-state index is 12.0. The van der Waals surface area contributed by atoms with E-state index in [9.17, 15) is 9.90 Å². The van der Waals surface area contributed by atoms with Gasteiger partial charge in [-0.15, -0.1) is 23.2 Å². The van der Waals surface area contributed by atoms with Crippen LogP contribution < -0.4 is 10.1 Å². The zero-order chi connectivity index (χ0) is 15.0. The number of aliphatic hydroxyl groups excluding tert-OH is 1. The van der Waals surface area contributed by atoms with Gasteiger partial charge in [0.25, 0.3) is 0 Å². The van der Waals surface area contributed by atoms with Crippen LogP contribution in [0.3, 0.4) is 0 Å². The molecule has 6 heteroatoms. The molecule has 2 atom stereocenters. The van der Waals surface area contributed by atoms with Crippen molar-refractivity contribution in [3.05, 3.63) is 29.8 Å². The number of methoxy groups -OCH3 is 1. The summed E-state index contributed by atoms with van der Waals surface area (Å²) in [6, 6.07) is 7.06. The number of hydrogen-bond donors (Lipinski definition) is 2. The lowest BCUT2D eigenvalue weighted by Crippen LogP contribution is -2.36. The molecule has 1 aliphatic rings. The Hall–Kier alpha value is -0.970. The minimum Gasteiger partial charge on any atom is -0.497 e. The molecule has 2 N–H and O–H groups in total. The average molecular weight is 318 g/mol. The van der Waals surface area contributed by atoms with Crippen molar-refractivity contribution in [2.45, 2.75) is 23.8 Å². The molecule has 0 radical (unpaired) electrons. The largest absolute Gasteiger partial charge is 0.497 e. The number of amides is 1. The number of alkyl halides is 2. The van der Waals surface area contributed by atoms with Gasteiger partial charge >= 0.3 is 0 Å². The summed E-state index contributed by atoms with van der Waals surface area (Å²) in [6.45, 7) is 1.81. The maximum atomic E-state index is 12.0. The first-order valence-electron chi connectivity index (χ1n) is 6.28. The molecule has 1 saturated carbocycles. The van der Waals surface area contributed by atoms with Gasteiger partial charge < -0.3 is 15.2 Å². The molecule has 1 aromatic carbocycles. The van der Waals surface area contributed by atoms with E-state index in [-0.39, 0.29) is 12.5 Å². The second-order valence-corrected chi connectivity index (χ2v) is 6.70. The molecule has 1 aromatic rings. The summed E-state index contributed by atoms with van der Waals surface area (Å²) in [5.74, 6) is 0.409. The minimum atomic E-state index is -1.00. The number of rotatable bonds is 5. The zero-order valence-electron chi connectivity index (χ0n) is 11.3. The topological polar surface area (TPSA) is 58.6 Å². The fourth-order valence-electron chi connectivity index (χ4n) is 2.00. The van der Waals surface area contributed by atoms with Crippen molar-refractivity contribution in [2.75, 3.05) is 13.7 Å². The molecule has 0 unspecified atom stereocenters. The molecule has 2 rings (SSSR count). The standard InChI is InChI=1S/C14H17Cl2NO3/c1-13(8-14(13,15)16)12(19)17-7-11(18)9-4-3-5-10(6-9)20-2/h3-6,11,18H,7-8H2,1-2H3,(H,17,19)/t11-,13+/m0/s1. The van der Waals surface area contributed by atoms with Gasteiger partial charge in [-0.2, -0.15) is 0 Å². The third kappa shape index (κ3) is 2.87. The molecular weight excluding hydrogens is 301 g/mol. The van der Waals surface area contributed by atoms with Gasteiger partial charge in [0, 0.05) is 6.54 Å². The number of carbonyl (C=O) groups excluding carboxylic acids is 1. The highest BCUT2D eigenvalue weighted by atomic mass is 35.5. The van der Waals surface area contributed by atoms with Crippen LogP contribution in [0.25, 0.3) is 0 Å². The van der Waals surface area contributed by atoms with E-state index < -0.39 is 15.9 Å². The van der Waals surface area contributed by atoms with E-state index >= 15 is 0 Å². The number of carbonyl (C=O) groups is 1. The Kier molecular flexibility index (Phi) is 4.19. The van der Waals surface area contributed by atoms with Crippen molar-refractivity contribution in [1.29, 1.82) is 0 Å². The first-order valence-corrected chi connectivity index (χ1v) is 7.04. The van der Waals surface area contributed by atoms with Gasteiger partial charge in [-0.3, -0.25) is 4.79 Å². The second-order valence-electron chi connectivity index (χ2n) is 5.22. The third-order valence-electron chi connectivity index (χ3n) is 3.69. The Labute approximate surface area is 128 Å². The number of ether oxygens (including phenoxy) is 1. The first-order chi connectivity index (χ1) is 9.30. The van der Waals surface area contributed by atoms with Crippen molar-refractivity contribution < 1.29 is 14.6 Å². The summed E-state index contributed by atoms with van der Waals surface area (Å²) in [5, 5.41) is 12.7. The second kappa shape index (κ2) is 5.43. The summed E-state index contributed by atoms with van der Waals surface area (Å²) in [7, 11) is 1.56. The molecule has 0 spiro atoms. The number of halogens is 2. The summed E-state index contributed by atoms with van der Waals surface area (Å²) in [4.78, 5) is 12.0. The lowest BCUT2D eigenvalue weighted by atomic mass is 10.1. The Morgan fingerprint density at radius 3 is 2.75 bits per heavy atom. The number of benzene rings is 1. The third-order valence-corrected chi connectivity index (χ3v) is 4.79. The van der Waals surface area contributed by atoms with Crippen molar-refractivity contribution in [2.24, 2.45) is 5.41 Å². The fourth-order valence-corrected chi connectivity index (χ4v) is 2.70. The summed E-state index contributed by atoms with van der Waals surface area (Å²) >= 11 is 11.9. The molecular formula is C14H17Cl2NO3.